The third-order valence-electron chi connectivity index (χ3n) is 5.24. The zero-order valence-corrected chi connectivity index (χ0v) is 16.4. The van der Waals surface area contributed by atoms with E-state index in [0.717, 1.165) is 16.8 Å². The van der Waals surface area contributed by atoms with Gasteiger partial charge in [0, 0.05) is 40.5 Å². The average Bonchev–Trinajstić information content (AvgIpc) is 3.20. The molecule has 2 aromatic carbocycles. The molecule has 2 aliphatic heterocycles. The summed E-state index contributed by atoms with van der Waals surface area (Å²) in [6.07, 6.45) is 3.64. The zero-order valence-electron chi connectivity index (χ0n) is 15.6. The summed E-state index contributed by atoms with van der Waals surface area (Å²) in [6, 6.07) is 14.6. The fraction of sp³-hybridized carbons (Fsp3) is 0.182. The van der Waals surface area contributed by atoms with Gasteiger partial charge in [-0.05, 0) is 30.3 Å². The summed E-state index contributed by atoms with van der Waals surface area (Å²) in [4.78, 5) is 4.23. The van der Waals surface area contributed by atoms with E-state index in [1.807, 2.05) is 35.3 Å². The van der Waals surface area contributed by atoms with E-state index in [0.29, 0.717) is 28.5 Å². The summed E-state index contributed by atoms with van der Waals surface area (Å²) in [5.41, 5.74) is 3.25. The molecule has 2 atom stereocenters. The number of fused-ring (bicyclic) bond motifs is 3. The highest BCUT2D eigenvalue weighted by atomic mass is 35.5. The van der Waals surface area contributed by atoms with Crippen molar-refractivity contribution in [2.75, 3.05) is 7.11 Å². The Morgan fingerprint density at radius 1 is 1.21 bits per heavy atom. The van der Waals surface area contributed by atoms with Crippen molar-refractivity contribution in [2.45, 2.75) is 18.7 Å². The molecule has 0 fully saturated rings. The first kappa shape index (κ1) is 17.8. The second-order valence-corrected chi connectivity index (χ2v) is 7.38. The number of pyridine rings is 1. The van der Waals surface area contributed by atoms with Gasteiger partial charge in [0.1, 0.15) is 5.75 Å². The van der Waals surface area contributed by atoms with E-state index in [-0.39, 0.29) is 11.8 Å². The van der Waals surface area contributed by atoms with Gasteiger partial charge in [-0.2, -0.15) is 5.10 Å². The van der Waals surface area contributed by atoms with E-state index < -0.39 is 6.23 Å². The summed E-state index contributed by atoms with van der Waals surface area (Å²) in [7, 11) is 1.63. The van der Waals surface area contributed by atoms with Crippen molar-refractivity contribution in [3.05, 3.63) is 82.6 Å². The lowest BCUT2D eigenvalue weighted by Gasteiger charge is -2.38. The second-order valence-electron chi connectivity index (χ2n) is 6.94. The second kappa shape index (κ2) is 6.97. The first-order valence-electron chi connectivity index (χ1n) is 9.24. The van der Waals surface area contributed by atoms with Crippen LogP contribution in [0.1, 0.15) is 35.4 Å². The minimum atomic E-state index is -0.462. The van der Waals surface area contributed by atoms with Crippen LogP contribution >= 0.6 is 11.6 Å². The Morgan fingerprint density at radius 2 is 2.10 bits per heavy atom. The Hall–Kier alpha value is -3.25. The van der Waals surface area contributed by atoms with Gasteiger partial charge in [-0.25, -0.2) is 5.01 Å². The molecule has 1 aromatic heterocycles. The lowest BCUT2D eigenvalue weighted by atomic mass is 9.95. The summed E-state index contributed by atoms with van der Waals surface area (Å²) < 4.78 is 11.9. The van der Waals surface area contributed by atoms with Gasteiger partial charge in [0.15, 0.2) is 11.5 Å². The number of methoxy groups -OCH3 is 1. The van der Waals surface area contributed by atoms with Gasteiger partial charge in [-0.3, -0.25) is 4.98 Å². The van der Waals surface area contributed by atoms with Crippen LogP contribution in [0.25, 0.3) is 0 Å². The van der Waals surface area contributed by atoms with Crippen molar-refractivity contribution in [3.63, 3.8) is 0 Å². The van der Waals surface area contributed by atoms with Crippen molar-refractivity contribution in [1.29, 1.82) is 0 Å². The van der Waals surface area contributed by atoms with E-state index in [4.69, 9.17) is 26.2 Å². The van der Waals surface area contributed by atoms with Crippen LogP contribution < -0.4 is 9.47 Å². The van der Waals surface area contributed by atoms with E-state index >= 15 is 0 Å². The van der Waals surface area contributed by atoms with Crippen LogP contribution in [0.2, 0.25) is 5.02 Å². The monoisotopic (exact) mass is 407 g/mol. The van der Waals surface area contributed by atoms with Crippen LogP contribution in [-0.4, -0.2) is 27.9 Å². The number of ether oxygens (including phenoxy) is 2. The molecule has 2 aliphatic rings. The number of para-hydroxylation sites is 1. The molecule has 7 heteroatoms. The topological polar surface area (TPSA) is 67.2 Å². The van der Waals surface area contributed by atoms with Crippen LogP contribution in [0.15, 0.2) is 66.0 Å². The Balaban J connectivity index is 1.64. The van der Waals surface area contributed by atoms with E-state index in [1.54, 1.807) is 37.7 Å². The number of hydrazone groups is 1. The van der Waals surface area contributed by atoms with Crippen LogP contribution in [-0.2, 0) is 0 Å². The SMILES string of the molecule is COc1cccc2c1O[C@@H](c1cccnc1)N1N=C(c3cc(Cl)ccc3O)C[C@H]21. The smallest absolute Gasteiger partial charge is 0.215 e. The number of rotatable bonds is 3. The Kier molecular flexibility index (Phi) is 4.28. The highest BCUT2D eigenvalue weighted by Crippen LogP contribution is 2.50. The third-order valence-corrected chi connectivity index (χ3v) is 5.47. The molecule has 0 spiro atoms. The molecule has 0 amide bonds. The van der Waals surface area contributed by atoms with Gasteiger partial charge in [0.2, 0.25) is 6.23 Å². The fourth-order valence-electron chi connectivity index (χ4n) is 3.89. The van der Waals surface area contributed by atoms with Gasteiger partial charge in [0.25, 0.3) is 0 Å². The molecule has 0 aliphatic carbocycles. The van der Waals surface area contributed by atoms with E-state index in [1.165, 1.54) is 0 Å². The summed E-state index contributed by atoms with van der Waals surface area (Å²) in [5, 5.41) is 17.7. The van der Waals surface area contributed by atoms with Gasteiger partial charge in [0.05, 0.1) is 18.9 Å². The highest BCUT2D eigenvalue weighted by Gasteiger charge is 2.42. The number of nitrogens with zero attached hydrogens (tertiary/aromatic N) is 3. The Morgan fingerprint density at radius 3 is 2.90 bits per heavy atom. The van der Waals surface area contributed by atoms with Gasteiger partial charge >= 0.3 is 0 Å². The van der Waals surface area contributed by atoms with Crippen LogP contribution in [0.5, 0.6) is 17.2 Å². The number of hydrogen-bond donors (Lipinski definition) is 1. The first-order chi connectivity index (χ1) is 14.2. The molecule has 3 aromatic rings. The summed E-state index contributed by atoms with van der Waals surface area (Å²) >= 11 is 6.16. The zero-order chi connectivity index (χ0) is 20.0. The molecule has 0 bridgehead atoms. The van der Waals surface area contributed by atoms with E-state index in [2.05, 4.69) is 4.98 Å². The molecule has 1 N–H and O–H groups in total. The number of halogens is 1. The van der Waals surface area contributed by atoms with Crippen molar-refractivity contribution >= 4 is 17.3 Å². The van der Waals surface area contributed by atoms with Crippen LogP contribution in [0.4, 0.5) is 0 Å². The average molecular weight is 408 g/mol. The number of aromatic nitrogens is 1. The molecule has 146 valence electrons. The normalized spacial score (nSPS) is 19.8. The number of phenolic OH excluding ortho intramolecular Hbond substituents is 1. The molecule has 3 heterocycles. The van der Waals surface area contributed by atoms with Crippen molar-refractivity contribution in [2.24, 2.45) is 5.10 Å². The summed E-state index contributed by atoms with van der Waals surface area (Å²) in [6.45, 7) is 0. The largest absolute Gasteiger partial charge is 0.507 e. The van der Waals surface area contributed by atoms with Crippen LogP contribution in [0.3, 0.4) is 0 Å². The number of aromatic hydroxyl groups is 1. The number of phenols is 1. The third kappa shape index (κ3) is 2.96. The quantitative estimate of drug-likeness (QED) is 0.682. The Labute approximate surface area is 173 Å². The first-order valence-corrected chi connectivity index (χ1v) is 9.61. The molecule has 0 radical (unpaired) electrons. The molecule has 5 rings (SSSR count). The molecule has 0 saturated carbocycles. The predicted octanol–water partition coefficient (Wildman–Crippen LogP) is 4.69. The van der Waals surface area contributed by atoms with Crippen molar-refractivity contribution < 1.29 is 14.6 Å². The van der Waals surface area contributed by atoms with Gasteiger partial charge in [-0.15, -0.1) is 0 Å². The molecule has 6 nitrogen and oxygen atoms in total. The maximum Gasteiger partial charge on any atom is 0.215 e. The highest BCUT2D eigenvalue weighted by molar-refractivity contribution is 6.31. The maximum absolute atomic E-state index is 10.4. The van der Waals surface area contributed by atoms with E-state index in [9.17, 15) is 5.11 Å². The van der Waals surface area contributed by atoms with Crippen molar-refractivity contribution in [1.82, 2.24) is 9.99 Å². The lowest BCUT2D eigenvalue weighted by molar-refractivity contribution is -0.0211. The van der Waals surface area contributed by atoms with Crippen LogP contribution in [0, 0.1) is 0 Å². The molecule has 29 heavy (non-hydrogen) atoms. The Bertz CT molecular complexity index is 1100. The summed E-state index contributed by atoms with van der Waals surface area (Å²) in [5.74, 6) is 1.53. The van der Waals surface area contributed by atoms with Gasteiger partial charge < -0.3 is 14.6 Å². The van der Waals surface area contributed by atoms with Gasteiger partial charge in [-0.1, -0.05) is 29.8 Å². The molecule has 0 unspecified atom stereocenters. The molecule has 0 saturated heterocycles. The predicted molar refractivity (Wildman–Crippen MR) is 109 cm³/mol. The molecular weight excluding hydrogens is 390 g/mol. The fourth-order valence-corrected chi connectivity index (χ4v) is 4.06. The number of hydrogen-bond acceptors (Lipinski definition) is 6. The van der Waals surface area contributed by atoms with Crippen molar-refractivity contribution in [3.8, 4) is 17.2 Å². The number of benzene rings is 2. The minimum Gasteiger partial charge on any atom is -0.507 e. The minimum absolute atomic E-state index is 0.0626. The standard InChI is InChI=1S/C22H18ClN3O3/c1-28-20-6-2-5-15-18-11-17(16-10-14(23)7-8-19(16)27)25-26(18)22(29-21(15)20)13-4-3-9-24-12-13/h2-10,12,18,22,27H,11H2,1H3/t18-,22+/m1/s1. The maximum atomic E-state index is 10.4. The lowest BCUT2D eigenvalue weighted by Crippen LogP contribution is -2.33. The molecular formula is C22H18ClN3O3.